The minimum Gasteiger partial charge on any atom is -0.485 e. The number of Topliss-reactive ketones (excluding diaryl/α,β-unsaturated/α-hetero) is 1. The number of aromatic nitrogens is 5. The molecule has 0 saturated heterocycles. The zero-order valence-electron chi connectivity index (χ0n) is 15.6. The van der Waals surface area contributed by atoms with Crippen LogP contribution in [0.3, 0.4) is 0 Å². The monoisotopic (exact) mass is 393 g/mol. The Morgan fingerprint density at radius 1 is 1.18 bits per heavy atom. The van der Waals surface area contributed by atoms with Gasteiger partial charge in [0.05, 0.1) is 12.2 Å². The molecule has 4 aromatic rings. The largest absolute Gasteiger partial charge is 0.485 e. The van der Waals surface area contributed by atoms with Gasteiger partial charge in [-0.1, -0.05) is 6.07 Å². The van der Waals surface area contributed by atoms with Crippen molar-refractivity contribution in [1.82, 2.24) is 24.8 Å². The summed E-state index contributed by atoms with van der Waals surface area (Å²) in [6.45, 7) is 4.78. The second-order valence-corrected chi connectivity index (χ2v) is 7.44. The van der Waals surface area contributed by atoms with E-state index in [-0.39, 0.29) is 12.4 Å². The summed E-state index contributed by atoms with van der Waals surface area (Å²) < 4.78 is 9.41. The van der Waals surface area contributed by atoms with Gasteiger partial charge in [-0.05, 0) is 66.1 Å². The van der Waals surface area contributed by atoms with Crippen LogP contribution in [0.2, 0.25) is 0 Å². The Hall–Kier alpha value is -3.26. The van der Waals surface area contributed by atoms with Gasteiger partial charge in [0.15, 0.2) is 6.61 Å². The highest BCUT2D eigenvalue weighted by Gasteiger charge is 2.16. The Labute approximate surface area is 166 Å². The van der Waals surface area contributed by atoms with Crippen molar-refractivity contribution in [2.75, 3.05) is 6.61 Å². The predicted octanol–water partition coefficient (Wildman–Crippen LogP) is 3.45. The molecule has 0 saturated carbocycles. The molecule has 0 aliphatic heterocycles. The molecule has 0 aliphatic rings. The zero-order valence-corrected chi connectivity index (χ0v) is 16.4. The van der Waals surface area contributed by atoms with Gasteiger partial charge in [0.1, 0.15) is 12.1 Å². The fraction of sp³-hybridized carbons (Fsp3) is 0.200. The summed E-state index contributed by atoms with van der Waals surface area (Å²) in [5.41, 5.74) is 3.56. The van der Waals surface area contributed by atoms with E-state index in [4.69, 9.17) is 4.74 Å². The van der Waals surface area contributed by atoms with Crippen LogP contribution in [0.5, 0.6) is 5.75 Å². The van der Waals surface area contributed by atoms with E-state index in [1.807, 2.05) is 38.1 Å². The van der Waals surface area contributed by atoms with Crippen LogP contribution in [-0.2, 0) is 6.54 Å². The molecule has 4 rings (SSSR count). The Kier molecular flexibility index (Phi) is 5.03. The van der Waals surface area contributed by atoms with Crippen molar-refractivity contribution < 1.29 is 9.53 Å². The summed E-state index contributed by atoms with van der Waals surface area (Å²) in [4.78, 5) is 14.0. The predicted molar refractivity (Wildman–Crippen MR) is 106 cm³/mol. The quantitative estimate of drug-likeness (QED) is 0.450. The molecule has 0 fully saturated rings. The first-order valence-electron chi connectivity index (χ1n) is 8.80. The lowest BCUT2D eigenvalue weighted by Crippen LogP contribution is -2.13. The van der Waals surface area contributed by atoms with E-state index in [2.05, 4.69) is 31.5 Å². The van der Waals surface area contributed by atoms with Crippen LogP contribution in [0.4, 0.5) is 0 Å². The normalized spacial score (nSPS) is 10.9. The molecule has 142 valence electrons. The number of benzene rings is 1. The minimum absolute atomic E-state index is 0.00643. The van der Waals surface area contributed by atoms with Crippen molar-refractivity contribution in [3.8, 4) is 11.4 Å². The van der Waals surface area contributed by atoms with E-state index >= 15 is 0 Å². The summed E-state index contributed by atoms with van der Waals surface area (Å²) in [6.07, 6.45) is 1.52. The summed E-state index contributed by atoms with van der Waals surface area (Å²) >= 11 is 1.72. The molecule has 0 aliphatic carbocycles. The van der Waals surface area contributed by atoms with Crippen LogP contribution < -0.4 is 4.74 Å². The first-order chi connectivity index (χ1) is 13.6. The third kappa shape index (κ3) is 3.72. The van der Waals surface area contributed by atoms with E-state index in [1.54, 1.807) is 28.2 Å². The van der Waals surface area contributed by atoms with Gasteiger partial charge < -0.3 is 9.30 Å². The lowest BCUT2D eigenvalue weighted by Gasteiger charge is -2.09. The molecule has 0 bridgehead atoms. The van der Waals surface area contributed by atoms with Crippen molar-refractivity contribution in [2.45, 2.75) is 20.4 Å². The number of ether oxygens (including phenoxy) is 1. The highest BCUT2D eigenvalue weighted by Crippen LogP contribution is 2.20. The number of ketones is 1. The van der Waals surface area contributed by atoms with Gasteiger partial charge in [0.25, 0.3) is 0 Å². The van der Waals surface area contributed by atoms with Gasteiger partial charge in [0.2, 0.25) is 5.78 Å². The van der Waals surface area contributed by atoms with Gasteiger partial charge in [-0.25, -0.2) is 4.68 Å². The standard InChI is InChI=1S/C20H19N5O2S/c1-14-10-19(15(2)24(14)11-18-4-3-9-28-18)20(26)12-27-17-7-5-16(6-8-17)25-13-21-22-23-25/h3-10,13H,11-12H2,1-2H3. The number of aryl methyl sites for hydroxylation is 1. The van der Waals surface area contributed by atoms with Gasteiger partial charge in [-0.2, -0.15) is 0 Å². The molecule has 28 heavy (non-hydrogen) atoms. The summed E-state index contributed by atoms with van der Waals surface area (Å²) in [5.74, 6) is 0.590. The summed E-state index contributed by atoms with van der Waals surface area (Å²) in [5, 5.41) is 13.1. The Morgan fingerprint density at radius 3 is 2.68 bits per heavy atom. The molecule has 8 heteroatoms. The molecule has 1 aromatic carbocycles. The van der Waals surface area contributed by atoms with E-state index in [0.717, 1.165) is 23.6 Å². The van der Waals surface area contributed by atoms with Crippen molar-refractivity contribution in [3.05, 3.63) is 76.0 Å². The number of carbonyl (C=O) groups is 1. The van der Waals surface area contributed by atoms with Gasteiger partial charge in [-0.3, -0.25) is 4.79 Å². The van der Waals surface area contributed by atoms with Gasteiger partial charge in [0, 0.05) is 21.8 Å². The van der Waals surface area contributed by atoms with E-state index < -0.39 is 0 Å². The number of nitrogens with zero attached hydrogens (tertiary/aromatic N) is 5. The van der Waals surface area contributed by atoms with Crippen LogP contribution in [0.15, 0.2) is 54.2 Å². The van der Waals surface area contributed by atoms with E-state index in [9.17, 15) is 4.79 Å². The van der Waals surface area contributed by atoms with Crippen molar-refractivity contribution in [1.29, 1.82) is 0 Å². The third-order valence-corrected chi connectivity index (χ3v) is 5.45. The maximum atomic E-state index is 12.7. The molecule has 0 unspecified atom stereocenters. The second kappa shape index (κ2) is 7.77. The fourth-order valence-electron chi connectivity index (χ4n) is 3.09. The average molecular weight is 393 g/mol. The van der Waals surface area contributed by atoms with Crippen molar-refractivity contribution in [2.24, 2.45) is 0 Å². The van der Waals surface area contributed by atoms with Crippen LogP contribution >= 0.6 is 11.3 Å². The van der Waals surface area contributed by atoms with Crippen LogP contribution in [0.1, 0.15) is 26.6 Å². The number of rotatable bonds is 7. The molecular weight excluding hydrogens is 374 g/mol. The molecular formula is C20H19N5O2S. The Bertz CT molecular complexity index is 1070. The molecule has 0 N–H and O–H groups in total. The smallest absolute Gasteiger partial charge is 0.202 e. The first kappa shape index (κ1) is 18.1. The molecule has 0 amide bonds. The Balaban J connectivity index is 1.42. The molecule has 3 aromatic heterocycles. The number of hydrogen-bond acceptors (Lipinski definition) is 6. The lowest BCUT2D eigenvalue weighted by atomic mass is 10.1. The third-order valence-electron chi connectivity index (χ3n) is 4.59. The van der Waals surface area contributed by atoms with Gasteiger partial charge >= 0.3 is 0 Å². The topological polar surface area (TPSA) is 74.8 Å². The van der Waals surface area contributed by atoms with Crippen LogP contribution in [-0.4, -0.2) is 37.2 Å². The average Bonchev–Trinajstić information content (AvgIpc) is 3.46. The van der Waals surface area contributed by atoms with E-state index in [1.165, 1.54) is 11.2 Å². The highest BCUT2D eigenvalue weighted by atomic mass is 32.1. The summed E-state index contributed by atoms with van der Waals surface area (Å²) in [7, 11) is 0. The maximum Gasteiger partial charge on any atom is 0.202 e. The second-order valence-electron chi connectivity index (χ2n) is 6.41. The van der Waals surface area contributed by atoms with Gasteiger partial charge in [-0.15, -0.1) is 16.4 Å². The molecule has 0 spiro atoms. The first-order valence-corrected chi connectivity index (χ1v) is 9.68. The zero-order chi connectivity index (χ0) is 19.5. The van der Waals surface area contributed by atoms with E-state index in [0.29, 0.717) is 11.3 Å². The fourth-order valence-corrected chi connectivity index (χ4v) is 3.78. The number of carbonyl (C=O) groups excluding carboxylic acids is 1. The molecule has 0 radical (unpaired) electrons. The van der Waals surface area contributed by atoms with Crippen molar-refractivity contribution >= 4 is 17.1 Å². The molecule has 7 nitrogen and oxygen atoms in total. The Morgan fingerprint density at radius 2 is 2.00 bits per heavy atom. The maximum absolute atomic E-state index is 12.7. The lowest BCUT2D eigenvalue weighted by molar-refractivity contribution is 0.0921. The van der Waals surface area contributed by atoms with Crippen molar-refractivity contribution in [3.63, 3.8) is 0 Å². The number of thiophene rings is 1. The van der Waals surface area contributed by atoms with Crippen LogP contribution in [0, 0.1) is 13.8 Å². The minimum atomic E-state index is -0.0323. The number of tetrazole rings is 1. The molecule has 0 atom stereocenters. The molecule has 3 heterocycles. The number of hydrogen-bond donors (Lipinski definition) is 0. The van der Waals surface area contributed by atoms with Crippen LogP contribution in [0.25, 0.3) is 5.69 Å². The highest BCUT2D eigenvalue weighted by molar-refractivity contribution is 7.09. The summed E-state index contributed by atoms with van der Waals surface area (Å²) in [6, 6.07) is 13.3. The SMILES string of the molecule is Cc1cc(C(=O)COc2ccc(-n3cnnn3)cc2)c(C)n1Cc1cccs1.